The second-order valence-electron chi connectivity index (χ2n) is 5.22. The van der Waals surface area contributed by atoms with Crippen LogP contribution in [0.4, 0.5) is 0 Å². The van der Waals surface area contributed by atoms with Crippen LogP contribution in [0.25, 0.3) is 0 Å². The van der Waals surface area contributed by atoms with E-state index in [0.717, 1.165) is 29.7 Å². The van der Waals surface area contributed by atoms with Gasteiger partial charge in [0.05, 0.1) is 16.1 Å². The first-order valence-electron chi connectivity index (χ1n) is 6.49. The van der Waals surface area contributed by atoms with Crippen LogP contribution in [0.15, 0.2) is 10.7 Å². The topological polar surface area (TPSA) is 46.9 Å². The number of hydrogen-bond donors (Lipinski definition) is 1. The number of nitrogens with zero attached hydrogens (tertiary/aromatic N) is 2. The number of nitrogens with one attached hydrogen (secondary N) is 1. The van der Waals surface area contributed by atoms with Crippen molar-refractivity contribution in [3.63, 3.8) is 0 Å². The van der Waals surface area contributed by atoms with Gasteiger partial charge in [-0.2, -0.15) is 5.10 Å². The van der Waals surface area contributed by atoms with Gasteiger partial charge in [-0.25, -0.2) is 0 Å². The van der Waals surface area contributed by atoms with Crippen molar-refractivity contribution in [2.45, 2.75) is 33.7 Å². The number of rotatable bonds is 4. The van der Waals surface area contributed by atoms with Gasteiger partial charge in [-0.15, -0.1) is 0 Å². The van der Waals surface area contributed by atoms with Crippen molar-refractivity contribution >= 4 is 21.7 Å². The summed E-state index contributed by atoms with van der Waals surface area (Å²) in [6.45, 7) is 8.67. The van der Waals surface area contributed by atoms with E-state index in [1.807, 2.05) is 6.92 Å². The van der Waals surface area contributed by atoms with Gasteiger partial charge >= 0.3 is 0 Å². The molecule has 0 amide bonds. The monoisotopic (exact) mass is 313 g/mol. The summed E-state index contributed by atoms with van der Waals surface area (Å²) in [6, 6.07) is 0. The smallest absolute Gasteiger partial charge is 0.189 e. The summed E-state index contributed by atoms with van der Waals surface area (Å²) in [5.74, 6) is 0.542. The summed E-state index contributed by atoms with van der Waals surface area (Å²) >= 11 is 3.45. The fraction of sp³-hybridized carbons (Fsp3) is 0.692. The molecule has 0 aliphatic carbocycles. The minimum absolute atomic E-state index is 0.216. The highest BCUT2D eigenvalue weighted by Crippen LogP contribution is 2.38. The number of aromatic nitrogens is 2. The van der Waals surface area contributed by atoms with E-state index < -0.39 is 0 Å². The van der Waals surface area contributed by atoms with E-state index in [1.165, 1.54) is 0 Å². The van der Waals surface area contributed by atoms with Crippen molar-refractivity contribution in [1.82, 2.24) is 15.1 Å². The normalized spacial score (nSPS) is 23.8. The Kier molecular flexibility index (Phi) is 3.92. The Labute approximate surface area is 116 Å². The Bertz CT molecular complexity index is 447. The highest BCUT2D eigenvalue weighted by Gasteiger charge is 2.45. The molecular formula is C13H20BrN3O. The average Bonchev–Trinajstić information content (AvgIpc) is 2.95. The van der Waals surface area contributed by atoms with E-state index in [1.54, 1.807) is 10.9 Å². The zero-order valence-corrected chi connectivity index (χ0v) is 12.7. The lowest BCUT2D eigenvalue weighted by atomic mass is 9.72. The minimum atomic E-state index is -0.282. The lowest BCUT2D eigenvalue weighted by molar-refractivity contribution is 0.0726. The summed E-state index contributed by atoms with van der Waals surface area (Å²) in [5.41, 5.74) is 0.435. The molecule has 5 heteroatoms. The van der Waals surface area contributed by atoms with Crippen LogP contribution in [-0.4, -0.2) is 28.7 Å². The summed E-state index contributed by atoms with van der Waals surface area (Å²) < 4.78 is 2.59. The number of carbonyl (C=O) groups excluding carboxylic acids is 1. The fourth-order valence-corrected chi connectivity index (χ4v) is 3.20. The number of hydrogen-bond acceptors (Lipinski definition) is 3. The first-order valence-corrected chi connectivity index (χ1v) is 7.29. The van der Waals surface area contributed by atoms with E-state index in [0.29, 0.717) is 12.5 Å². The van der Waals surface area contributed by atoms with E-state index >= 15 is 0 Å². The van der Waals surface area contributed by atoms with Crippen LogP contribution in [0.3, 0.4) is 0 Å². The molecule has 1 aromatic heterocycles. The average molecular weight is 314 g/mol. The van der Waals surface area contributed by atoms with Crippen LogP contribution in [0.5, 0.6) is 0 Å². The molecule has 100 valence electrons. The quantitative estimate of drug-likeness (QED) is 0.869. The maximum absolute atomic E-state index is 12.9. The fourth-order valence-electron chi connectivity index (χ4n) is 2.72. The molecule has 18 heavy (non-hydrogen) atoms. The predicted molar refractivity (Wildman–Crippen MR) is 74.7 cm³/mol. The second-order valence-corrected chi connectivity index (χ2v) is 6.08. The highest BCUT2D eigenvalue weighted by atomic mass is 79.9. The Morgan fingerprint density at radius 3 is 2.89 bits per heavy atom. The van der Waals surface area contributed by atoms with Gasteiger partial charge in [-0.1, -0.05) is 13.8 Å². The standard InChI is InChI=1S/C13H20BrN3O/c1-4-17-11(10(14)7-16-17)12(18)13(9(2)3)5-6-15-8-13/h7,9,15H,4-6,8H2,1-3H3. The molecule has 1 saturated heterocycles. The molecule has 2 rings (SSSR count). The molecule has 0 saturated carbocycles. The molecule has 0 radical (unpaired) electrons. The Morgan fingerprint density at radius 1 is 1.67 bits per heavy atom. The first kappa shape index (κ1) is 13.7. The molecule has 1 fully saturated rings. The molecule has 0 spiro atoms. The van der Waals surface area contributed by atoms with Crippen molar-refractivity contribution in [3.05, 3.63) is 16.4 Å². The van der Waals surface area contributed by atoms with Crippen LogP contribution in [0, 0.1) is 11.3 Å². The molecule has 4 nitrogen and oxygen atoms in total. The largest absolute Gasteiger partial charge is 0.316 e. The molecule has 0 aromatic carbocycles. The Hall–Kier alpha value is -0.680. The predicted octanol–water partition coefficient (Wildman–Crippen LogP) is 2.48. The van der Waals surface area contributed by atoms with Crippen LogP contribution in [0.2, 0.25) is 0 Å². The number of halogens is 1. The third-order valence-corrected chi connectivity index (χ3v) is 4.64. The third-order valence-electron chi connectivity index (χ3n) is 4.06. The van der Waals surface area contributed by atoms with Crippen LogP contribution in [0.1, 0.15) is 37.7 Å². The molecule has 1 aliphatic heterocycles. The number of aryl methyl sites for hydroxylation is 1. The highest BCUT2D eigenvalue weighted by molar-refractivity contribution is 9.10. The van der Waals surface area contributed by atoms with Gasteiger partial charge in [0.1, 0.15) is 5.69 Å². The first-order chi connectivity index (χ1) is 8.53. The van der Waals surface area contributed by atoms with Crippen molar-refractivity contribution in [3.8, 4) is 0 Å². The van der Waals surface area contributed by atoms with Crippen molar-refractivity contribution in [2.75, 3.05) is 13.1 Å². The summed E-state index contributed by atoms with van der Waals surface area (Å²) in [6.07, 6.45) is 2.62. The molecular weight excluding hydrogens is 294 g/mol. The van der Waals surface area contributed by atoms with E-state index in [9.17, 15) is 4.79 Å². The van der Waals surface area contributed by atoms with Crippen molar-refractivity contribution < 1.29 is 4.79 Å². The number of Topliss-reactive ketones (excluding diaryl/α,β-unsaturated/α-hetero) is 1. The molecule has 1 atom stereocenters. The van der Waals surface area contributed by atoms with Gasteiger partial charge in [0, 0.05) is 13.1 Å². The van der Waals surface area contributed by atoms with Gasteiger partial charge in [0.2, 0.25) is 0 Å². The summed E-state index contributed by atoms with van der Waals surface area (Å²) in [4.78, 5) is 12.9. The van der Waals surface area contributed by atoms with E-state index in [-0.39, 0.29) is 11.2 Å². The molecule has 1 aliphatic rings. The Morgan fingerprint density at radius 2 is 2.39 bits per heavy atom. The molecule has 1 aromatic rings. The molecule has 2 heterocycles. The zero-order chi connectivity index (χ0) is 13.3. The van der Waals surface area contributed by atoms with Crippen LogP contribution >= 0.6 is 15.9 Å². The second kappa shape index (κ2) is 5.13. The molecule has 1 unspecified atom stereocenters. The summed E-state index contributed by atoms with van der Waals surface area (Å²) in [7, 11) is 0. The van der Waals surface area contributed by atoms with Gasteiger partial charge < -0.3 is 5.32 Å². The van der Waals surface area contributed by atoms with Gasteiger partial charge in [0.15, 0.2) is 5.78 Å². The minimum Gasteiger partial charge on any atom is -0.316 e. The maximum atomic E-state index is 12.9. The third kappa shape index (κ3) is 2.03. The molecule has 0 bridgehead atoms. The van der Waals surface area contributed by atoms with Gasteiger partial charge in [0.25, 0.3) is 0 Å². The number of ketones is 1. The van der Waals surface area contributed by atoms with Gasteiger partial charge in [-0.05, 0) is 41.7 Å². The van der Waals surface area contributed by atoms with Crippen molar-refractivity contribution in [2.24, 2.45) is 11.3 Å². The van der Waals surface area contributed by atoms with E-state index in [2.05, 4.69) is 40.2 Å². The van der Waals surface area contributed by atoms with Crippen LogP contribution in [-0.2, 0) is 6.54 Å². The van der Waals surface area contributed by atoms with Crippen molar-refractivity contribution in [1.29, 1.82) is 0 Å². The summed E-state index contributed by atoms with van der Waals surface area (Å²) in [5, 5.41) is 7.57. The zero-order valence-electron chi connectivity index (χ0n) is 11.2. The number of carbonyl (C=O) groups is 1. The van der Waals surface area contributed by atoms with Crippen LogP contribution < -0.4 is 5.32 Å². The van der Waals surface area contributed by atoms with Gasteiger partial charge in [-0.3, -0.25) is 9.48 Å². The lowest BCUT2D eigenvalue weighted by Crippen LogP contribution is -2.39. The van der Waals surface area contributed by atoms with E-state index in [4.69, 9.17) is 0 Å². The maximum Gasteiger partial charge on any atom is 0.189 e. The lowest BCUT2D eigenvalue weighted by Gasteiger charge is -2.31. The SMILES string of the molecule is CCn1ncc(Br)c1C(=O)C1(C(C)C)CCNC1. The Balaban J connectivity index is 2.43. The molecule has 1 N–H and O–H groups in total.